The van der Waals surface area contributed by atoms with Gasteiger partial charge in [0.05, 0.1) is 19.0 Å². The van der Waals surface area contributed by atoms with Crippen LogP contribution in [-0.2, 0) is 0 Å². The van der Waals surface area contributed by atoms with Gasteiger partial charge in [-0.2, -0.15) is 0 Å². The number of ether oxygens (including phenoxy) is 1. The van der Waals surface area contributed by atoms with Crippen molar-refractivity contribution in [3.8, 4) is 5.75 Å². The molecule has 2 N–H and O–H groups in total. The van der Waals surface area contributed by atoms with Crippen LogP contribution in [0.25, 0.3) is 0 Å². The number of carbonyl (C=O) groups excluding carboxylic acids is 1. The molecule has 2 aromatic rings. The highest BCUT2D eigenvalue weighted by Gasteiger charge is 2.13. The summed E-state index contributed by atoms with van der Waals surface area (Å²) >= 11 is 0. The van der Waals surface area contributed by atoms with Gasteiger partial charge in [-0.05, 0) is 19.1 Å². The summed E-state index contributed by atoms with van der Waals surface area (Å²) in [6, 6.07) is 4.27. The summed E-state index contributed by atoms with van der Waals surface area (Å²) in [5.41, 5.74) is 1.30. The Bertz CT molecular complexity index is 683. The number of hydrogen-bond acceptors (Lipinski definition) is 5. The fourth-order valence-corrected chi connectivity index (χ4v) is 1.65. The molecule has 0 bridgehead atoms. The van der Waals surface area contributed by atoms with Crippen LogP contribution in [0.3, 0.4) is 0 Å². The van der Waals surface area contributed by atoms with Crippen LogP contribution in [-0.4, -0.2) is 34.1 Å². The lowest BCUT2D eigenvalue weighted by Crippen LogP contribution is -2.14. The minimum absolute atomic E-state index is 0.0191. The average Bonchev–Trinajstić information content (AvgIpc) is 2.47. The molecule has 108 valence electrons. The summed E-state index contributed by atoms with van der Waals surface area (Å²) in [6.45, 7) is 1.77. The van der Waals surface area contributed by atoms with Crippen LogP contribution in [0.15, 0.2) is 30.6 Å². The van der Waals surface area contributed by atoms with E-state index in [0.29, 0.717) is 11.4 Å². The van der Waals surface area contributed by atoms with Crippen LogP contribution < -0.4 is 10.1 Å². The van der Waals surface area contributed by atoms with Crippen molar-refractivity contribution in [1.82, 2.24) is 9.97 Å². The second-order valence-electron chi connectivity index (χ2n) is 4.22. The molecule has 0 fully saturated rings. The zero-order chi connectivity index (χ0) is 15.4. The fourth-order valence-electron chi connectivity index (χ4n) is 1.65. The summed E-state index contributed by atoms with van der Waals surface area (Å²) in [4.78, 5) is 30.9. The van der Waals surface area contributed by atoms with Crippen molar-refractivity contribution in [3.05, 3.63) is 47.5 Å². The summed E-state index contributed by atoms with van der Waals surface area (Å²) in [5.74, 6) is -1.38. The molecule has 7 nitrogen and oxygen atoms in total. The van der Waals surface area contributed by atoms with E-state index in [9.17, 15) is 9.59 Å². The van der Waals surface area contributed by atoms with Crippen molar-refractivity contribution < 1.29 is 19.4 Å². The normalized spacial score (nSPS) is 10.0. The molecule has 0 spiro atoms. The minimum atomic E-state index is -1.10. The van der Waals surface area contributed by atoms with Gasteiger partial charge in [-0.1, -0.05) is 0 Å². The van der Waals surface area contributed by atoms with E-state index in [-0.39, 0.29) is 17.0 Å². The molecule has 0 saturated heterocycles. The Morgan fingerprint density at radius 2 is 2.00 bits per heavy atom. The molecule has 0 radical (unpaired) electrons. The molecule has 21 heavy (non-hydrogen) atoms. The second kappa shape index (κ2) is 6.00. The number of nitrogens with one attached hydrogen (secondary N) is 1. The number of aryl methyl sites for hydroxylation is 1. The first kappa shape index (κ1) is 14.4. The molecule has 0 unspecified atom stereocenters. The Kier molecular flexibility index (Phi) is 4.13. The number of aromatic carboxylic acids is 1. The Balaban J connectivity index is 2.21. The zero-order valence-electron chi connectivity index (χ0n) is 11.5. The molecule has 1 heterocycles. The highest BCUT2D eigenvalue weighted by atomic mass is 16.5. The number of amides is 1. The number of aromatic nitrogens is 2. The quantitative estimate of drug-likeness (QED) is 0.888. The Morgan fingerprint density at radius 3 is 2.57 bits per heavy atom. The number of nitrogens with zero attached hydrogens (tertiary/aromatic N) is 2. The van der Waals surface area contributed by atoms with Crippen LogP contribution in [0.2, 0.25) is 0 Å². The number of hydrogen-bond donors (Lipinski definition) is 2. The fraction of sp³-hybridized carbons (Fsp3) is 0.143. The second-order valence-corrected chi connectivity index (χ2v) is 4.22. The third-order valence-corrected chi connectivity index (χ3v) is 2.70. The summed E-state index contributed by atoms with van der Waals surface area (Å²) in [5, 5.41) is 11.6. The van der Waals surface area contributed by atoms with Gasteiger partial charge in [0.25, 0.3) is 5.91 Å². The maximum Gasteiger partial charge on any atom is 0.339 e. The first-order valence-electron chi connectivity index (χ1n) is 6.02. The van der Waals surface area contributed by atoms with Gasteiger partial charge in [-0.3, -0.25) is 9.78 Å². The largest absolute Gasteiger partial charge is 0.496 e. The molecule has 0 atom stereocenters. The van der Waals surface area contributed by atoms with Gasteiger partial charge in [0, 0.05) is 18.0 Å². The van der Waals surface area contributed by atoms with E-state index in [1.807, 2.05) is 0 Å². The van der Waals surface area contributed by atoms with Gasteiger partial charge in [0.2, 0.25) is 0 Å². The first-order valence-corrected chi connectivity index (χ1v) is 6.02. The monoisotopic (exact) mass is 287 g/mol. The van der Waals surface area contributed by atoms with Gasteiger partial charge in [0.1, 0.15) is 17.0 Å². The maximum absolute atomic E-state index is 12.0. The van der Waals surface area contributed by atoms with E-state index in [2.05, 4.69) is 15.3 Å². The van der Waals surface area contributed by atoms with Crippen LogP contribution in [0, 0.1) is 6.92 Å². The molecule has 1 amide bonds. The summed E-state index contributed by atoms with van der Waals surface area (Å²) < 4.78 is 4.99. The number of carboxylic acid groups (broad SMARTS) is 1. The molecule has 0 aliphatic rings. The lowest BCUT2D eigenvalue weighted by atomic mass is 10.2. The molecule has 2 rings (SSSR count). The summed E-state index contributed by atoms with van der Waals surface area (Å²) in [6.07, 6.45) is 2.86. The molecule has 1 aromatic carbocycles. The van der Waals surface area contributed by atoms with E-state index < -0.39 is 11.9 Å². The van der Waals surface area contributed by atoms with Gasteiger partial charge >= 0.3 is 5.97 Å². The molecule has 0 saturated carbocycles. The third-order valence-electron chi connectivity index (χ3n) is 2.70. The van der Waals surface area contributed by atoms with E-state index in [1.165, 1.54) is 37.7 Å². The lowest BCUT2D eigenvalue weighted by Gasteiger charge is -2.09. The average molecular weight is 287 g/mol. The van der Waals surface area contributed by atoms with Crippen LogP contribution in [0.1, 0.15) is 26.5 Å². The highest BCUT2D eigenvalue weighted by molar-refractivity contribution is 6.03. The van der Waals surface area contributed by atoms with E-state index in [1.54, 1.807) is 6.92 Å². The Labute approximate surface area is 120 Å². The Hall–Kier alpha value is -2.96. The maximum atomic E-state index is 12.0. The smallest absolute Gasteiger partial charge is 0.339 e. The minimum Gasteiger partial charge on any atom is -0.496 e. The van der Waals surface area contributed by atoms with Crippen molar-refractivity contribution in [1.29, 1.82) is 0 Å². The number of carbonyl (C=O) groups is 2. The van der Waals surface area contributed by atoms with Crippen LogP contribution >= 0.6 is 0 Å². The molecular formula is C14H13N3O4. The van der Waals surface area contributed by atoms with Gasteiger partial charge in [-0.25, -0.2) is 9.78 Å². The topological polar surface area (TPSA) is 101 Å². The van der Waals surface area contributed by atoms with Crippen LogP contribution in [0.5, 0.6) is 5.75 Å². The standard InChI is InChI=1S/C14H13N3O4/c1-8-6-16-11(7-15-8)13(18)17-9-3-4-10(14(19)20)12(5-9)21-2/h3-7H,1-2H3,(H,17,18)(H,19,20). The van der Waals surface area contributed by atoms with Gasteiger partial charge < -0.3 is 15.2 Å². The summed E-state index contributed by atoms with van der Waals surface area (Å²) in [7, 11) is 1.36. The molecular weight excluding hydrogens is 274 g/mol. The third kappa shape index (κ3) is 3.33. The van der Waals surface area contributed by atoms with Crippen molar-refractivity contribution in [2.24, 2.45) is 0 Å². The first-order chi connectivity index (χ1) is 10.0. The number of carboxylic acids is 1. The number of anilines is 1. The highest BCUT2D eigenvalue weighted by Crippen LogP contribution is 2.23. The predicted octanol–water partition coefficient (Wildman–Crippen LogP) is 1.74. The van der Waals surface area contributed by atoms with E-state index >= 15 is 0 Å². The number of benzene rings is 1. The van der Waals surface area contributed by atoms with Crippen molar-refractivity contribution in [2.75, 3.05) is 12.4 Å². The number of rotatable bonds is 4. The Morgan fingerprint density at radius 1 is 1.24 bits per heavy atom. The lowest BCUT2D eigenvalue weighted by molar-refractivity contribution is 0.0693. The molecule has 1 aromatic heterocycles. The number of methoxy groups -OCH3 is 1. The zero-order valence-corrected chi connectivity index (χ0v) is 11.5. The van der Waals surface area contributed by atoms with Crippen molar-refractivity contribution in [3.63, 3.8) is 0 Å². The molecule has 7 heteroatoms. The van der Waals surface area contributed by atoms with E-state index in [0.717, 1.165) is 0 Å². The van der Waals surface area contributed by atoms with Gasteiger partial charge in [-0.15, -0.1) is 0 Å². The SMILES string of the molecule is COc1cc(NC(=O)c2cnc(C)cn2)ccc1C(=O)O. The molecule has 0 aliphatic heterocycles. The predicted molar refractivity (Wildman–Crippen MR) is 74.7 cm³/mol. The van der Waals surface area contributed by atoms with E-state index in [4.69, 9.17) is 9.84 Å². The molecule has 0 aliphatic carbocycles. The van der Waals surface area contributed by atoms with Crippen molar-refractivity contribution >= 4 is 17.6 Å². The van der Waals surface area contributed by atoms with Crippen LogP contribution in [0.4, 0.5) is 5.69 Å². The van der Waals surface area contributed by atoms with Gasteiger partial charge in [0.15, 0.2) is 0 Å². The van der Waals surface area contributed by atoms with Crippen molar-refractivity contribution in [2.45, 2.75) is 6.92 Å².